The third-order valence-electron chi connectivity index (χ3n) is 6.68. The maximum Gasteiger partial charge on any atom is 0.161 e. The van der Waals surface area contributed by atoms with E-state index in [1.54, 1.807) is 0 Å². The topological polar surface area (TPSA) is 37.4 Å². The molecule has 3 heteroatoms. The quantitative estimate of drug-likeness (QED) is 0.631. The van der Waals surface area contributed by atoms with E-state index in [9.17, 15) is 9.59 Å². The van der Waals surface area contributed by atoms with Crippen LogP contribution in [0, 0.1) is 13.8 Å². The van der Waals surface area contributed by atoms with Crippen LogP contribution < -0.4 is 4.90 Å². The number of aryl methyl sites for hydroxylation is 2. The van der Waals surface area contributed by atoms with Gasteiger partial charge in [-0.15, -0.1) is 0 Å². The summed E-state index contributed by atoms with van der Waals surface area (Å²) in [4.78, 5) is 28.8. The minimum absolute atomic E-state index is 0.198. The van der Waals surface area contributed by atoms with Gasteiger partial charge in [-0.25, -0.2) is 0 Å². The summed E-state index contributed by atoms with van der Waals surface area (Å²) in [6, 6.07) is 16.8. The molecule has 0 saturated heterocycles. The maximum absolute atomic E-state index is 13.3. The molecule has 0 radical (unpaired) electrons. The fourth-order valence-electron chi connectivity index (χ4n) is 5.22. The van der Waals surface area contributed by atoms with Gasteiger partial charge in [0.15, 0.2) is 11.6 Å². The van der Waals surface area contributed by atoms with Gasteiger partial charge in [0.25, 0.3) is 0 Å². The van der Waals surface area contributed by atoms with Crippen LogP contribution in [-0.4, -0.2) is 11.6 Å². The molecule has 30 heavy (non-hydrogen) atoms. The zero-order valence-electron chi connectivity index (χ0n) is 17.7. The summed E-state index contributed by atoms with van der Waals surface area (Å²) in [5, 5.41) is 0. The molecule has 0 atom stereocenters. The lowest BCUT2D eigenvalue weighted by molar-refractivity contribution is -0.116. The first-order chi connectivity index (χ1) is 14.5. The van der Waals surface area contributed by atoms with E-state index in [0.29, 0.717) is 12.8 Å². The van der Waals surface area contributed by atoms with Crippen molar-refractivity contribution in [3.05, 3.63) is 87.8 Å². The summed E-state index contributed by atoms with van der Waals surface area (Å²) in [6.45, 7) is 4.15. The first kappa shape index (κ1) is 19.0. The van der Waals surface area contributed by atoms with Gasteiger partial charge in [0.1, 0.15) is 0 Å². The van der Waals surface area contributed by atoms with Gasteiger partial charge >= 0.3 is 0 Å². The van der Waals surface area contributed by atoms with Crippen LogP contribution in [0.1, 0.15) is 61.1 Å². The molecule has 1 heterocycles. The van der Waals surface area contributed by atoms with Crippen molar-refractivity contribution >= 4 is 17.3 Å². The van der Waals surface area contributed by atoms with E-state index in [4.69, 9.17) is 0 Å². The van der Waals surface area contributed by atoms with Gasteiger partial charge in [-0.1, -0.05) is 47.5 Å². The monoisotopic (exact) mass is 397 g/mol. The van der Waals surface area contributed by atoms with E-state index in [2.05, 4.69) is 67.3 Å². The second-order valence-corrected chi connectivity index (χ2v) is 8.79. The normalized spacial score (nSPS) is 19.9. The molecule has 2 aliphatic carbocycles. The van der Waals surface area contributed by atoms with Crippen LogP contribution in [0.3, 0.4) is 0 Å². The first-order valence-electron chi connectivity index (χ1n) is 11.0. The van der Waals surface area contributed by atoms with Crippen molar-refractivity contribution in [1.29, 1.82) is 0 Å². The summed E-state index contributed by atoms with van der Waals surface area (Å²) in [6.07, 6.45) is 4.64. The number of Topliss-reactive ketones (excluding diaryl/α,β-unsaturated/α-hetero) is 2. The summed E-state index contributed by atoms with van der Waals surface area (Å²) in [5.74, 6) is 0.172. The molecule has 3 aliphatic rings. The Morgan fingerprint density at radius 3 is 1.63 bits per heavy atom. The molecule has 152 valence electrons. The van der Waals surface area contributed by atoms with E-state index >= 15 is 0 Å². The molecule has 0 spiro atoms. The van der Waals surface area contributed by atoms with Gasteiger partial charge < -0.3 is 4.90 Å². The van der Waals surface area contributed by atoms with Crippen LogP contribution in [-0.2, 0) is 9.59 Å². The van der Waals surface area contributed by atoms with Gasteiger partial charge in [0, 0.05) is 47.0 Å². The Kier molecular flexibility index (Phi) is 4.69. The molecule has 0 unspecified atom stereocenters. The molecule has 2 aromatic rings. The highest BCUT2D eigenvalue weighted by Gasteiger charge is 2.43. The molecule has 1 aliphatic heterocycles. The molecule has 0 bridgehead atoms. The maximum atomic E-state index is 13.3. The lowest BCUT2D eigenvalue weighted by Crippen LogP contribution is -2.39. The molecule has 0 N–H and O–H groups in total. The zero-order chi connectivity index (χ0) is 20.8. The van der Waals surface area contributed by atoms with E-state index in [1.807, 2.05) is 0 Å². The van der Waals surface area contributed by atoms with Crippen LogP contribution in [0.25, 0.3) is 0 Å². The van der Waals surface area contributed by atoms with Crippen molar-refractivity contribution in [2.75, 3.05) is 4.90 Å². The number of hydrogen-bond donors (Lipinski definition) is 0. The third-order valence-corrected chi connectivity index (χ3v) is 6.68. The summed E-state index contributed by atoms with van der Waals surface area (Å²) < 4.78 is 0. The molecule has 0 amide bonds. The second kappa shape index (κ2) is 7.39. The predicted molar refractivity (Wildman–Crippen MR) is 119 cm³/mol. The highest BCUT2D eigenvalue weighted by molar-refractivity contribution is 6.07. The predicted octanol–water partition coefficient (Wildman–Crippen LogP) is 5.92. The lowest BCUT2D eigenvalue weighted by atomic mass is 9.71. The molecule has 0 aromatic heterocycles. The molecule has 5 rings (SSSR count). The van der Waals surface area contributed by atoms with Crippen molar-refractivity contribution in [2.24, 2.45) is 0 Å². The number of nitrogens with zero attached hydrogens (tertiary/aromatic N) is 1. The molecular formula is C27H27NO2. The van der Waals surface area contributed by atoms with Crippen molar-refractivity contribution in [1.82, 2.24) is 0 Å². The van der Waals surface area contributed by atoms with Crippen molar-refractivity contribution in [3.8, 4) is 0 Å². The van der Waals surface area contributed by atoms with Crippen molar-refractivity contribution in [3.63, 3.8) is 0 Å². The summed E-state index contributed by atoms with van der Waals surface area (Å²) in [7, 11) is 0. The lowest BCUT2D eigenvalue weighted by Gasteiger charge is -2.44. The Balaban J connectivity index is 1.77. The second-order valence-electron chi connectivity index (χ2n) is 8.79. The first-order valence-corrected chi connectivity index (χ1v) is 11.0. The smallest absolute Gasteiger partial charge is 0.161 e. The van der Waals surface area contributed by atoms with Gasteiger partial charge in [-0.2, -0.15) is 0 Å². The average Bonchev–Trinajstić information content (AvgIpc) is 2.74. The van der Waals surface area contributed by atoms with Gasteiger partial charge in [-0.05, 0) is 57.2 Å². The molecule has 0 saturated carbocycles. The van der Waals surface area contributed by atoms with Gasteiger partial charge in [-0.3, -0.25) is 9.59 Å². The number of hydrogen-bond acceptors (Lipinski definition) is 3. The largest absolute Gasteiger partial charge is 0.317 e. The minimum atomic E-state index is -0.224. The number of carbonyl (C=O) groups is 2. The standard InChI is InChI=1S/C27H27NO2/c1-17-9-13-19(14-10-17)25-26-21(5-3-7-23(26)29)28(20-15-11-18(2)12-16-20)22-6-4-8-24(30)27(22)25/h9-16,25H,3-8H2,1-2H3. The summed E-state index contributed by atoms with van der Waals surface area (Å²) >= 11 is 0. The molecular weight excluding hydrogens is 370 g/mol. The SMILES string of the molecule is Cc1ccc(C2C3=C(CCCC3=O)N(c3ccc(C)cc3)C3=C2C(=O)CCC3)cc1. The Morgan fingerprint density at radius 2 is 1.13 bits per heavy atom. The molecule has 0 fully saturated rings. The van der Waals surface area contributed by atoms with Crippen LogP contribution >= 0.6 is 0 Å². The van der Waals surface area contributed by atoms with Gasteiger partial charge in [0.05, 0.1) is 0 Å². The zero-order valence-corrected chi connectivity index (χ0v) is 17.7. The van der Waals surface area contributed by atoms with Crippen molar-refractivity contribution in [2.45, 2.75) is 58.3 Å². The van der Waals surface area contributed by atoms with Crippen LogP contribution in [0.5, 0.6) is 0 Å². The molecule has 3 nitrogen and oxygen atoms in total. The van der Waals surface area contributed by atoms with Gasteiger partial charge in [0.2, 0.25) is 0 Å². The number of allylic oxidation sites excluding steroid dienone is 4. The summed E-state index contributed by atoms with van der Waals surface area (Å²) in [5.41, 5.74) is 8.42. The number of rotatable bonds is 2. The highest BCUT2D eigenvalue weighted by atomic mass is 16.1. The number of anilines is 1. The van der Waals surface area contributed by atoms with E-state index in [0.717, 1.165) is 59.5 Å². The Bertz CT molecular complexity index is 1040. The number of benzene rings is 2. The minimum Gasteiger partial charge on any atom is -0.317 e. The van der Waals surface area contributed by atoms with E-state index in [1.165, 1.54) is 11.1 Å². The number of carbonyl (C=O) groups excluding carboxylic acids is 2. The number of ketones is 2. The molecule has 2 aromatic carbocycles. The fourth-order valence-corrected chi connectivity index (χ4v) is 5.22. The van der Waals surface area contributed by atoms with E-state index < -0.39 is 0 Å². The Hall–Kier alpha value is -2.94. The van der Waals surface area contributed by atoms with E-state index in [-0.39, 0.29) is 17.5 Å². The Morgan fingerprint density at radius 1 is 0.667 bits per heavy atom. The Labute approximate surface area is 178 Å². The van der Waals surface area contributed by atoms with Crippen LogP contribution in [0.15, 0.2) is 71.1 Å². The van der Waals surface area contributed by atoms with Crippen molar-refractivity contribution < 1.29 is 9.59 Å². The van der Waals surface area contributed by atoms with Crippen LogP contribution in [0.2, 0.25) is 0 Å². The average molecular weight is 398 g/mol. The highest BCUT2D eigenvalue weighted by Crippen LogP contribution is 2.50. The third kappa shape index (κ3) is 3.04. The van der Waals surface area contributed by atoms with Crippen LogP contribution in [0.4, 0.5) is 5.69 Å². The fraction of sp³-hybridized carbons (Fsp3) is 0.333.